The molecule has 17 heteroatoms. The predicted octanol–water partition coefficient (Wildman–Crippen LogP) is -6.15. The van der Waals surface area contributed by atoms with Gasteiger partial charge >= 0.3 is 0 Å². The van der Waals surface area contributed by atoms with E-state index in [1.807, 2.05) is 0 Å². The Kier molecular flexibility index (Phi) is 10.5. The Morgan fingerprint density at radius 2 is 0.974 bits per heavy atom. The van der Waals surface area contributed by atoms with Crippen molar-refractivity contribution < 1.29 is 83.9 Å². The molecule has 0 unspecified atom stereocenters. The van der Waals surface area contributed by atoms with Crippen molar-refractivity contribution in [3.05, 3.63) is 0 Å². The summed E-state index contributed by atoms with van der Waals surface area (Å²) in [5, 5.41) is 92.4. The van der Waals surface area contributed by atoms with E-state index in [9.17, 15) is 46.0 Å². The van der Waals surface area contributed by atoms with Crippen LogP contribution in [0.1, 0.15) is 6.92 Å². The number of hydrogen-bond acceptors (Lipinski definition) is 17. The summed E-state index contributed by atoms with van der Waals surface area (Å²) in [6.07, 6.45) is -24.4. The lowest BCUT2D eigenvalue weighted by atomic mass is 9.98. The maximum Gasteiger partial charge on any atom is 0.187 e. The van der Waals surface area contributed by atoms with Crippen molar-refractivity contribution in [2.45, 2.75) is 111 Å². The molecule has 9 N–H and O–H groups in total. The van der Waals surface area contributed by atoms with Gasteiger partial charge in [0.1, 0.15) is 73.2 Å². The van der Waals surface area contributed by atoms with Gasteiger partial charge in [0.15, 0.2) is 25.2 Å². The van der Waals surface area contributed by atoms with E-state index < -0.39 is 111 Å². The van der Waals surface area contributed by atoms with Crippen LogP contribution in [-0.4, -0.2) is 177 Å². The lowest BCUT2D eigenvalue weighted by molar-refractivity contribution is -0.375. The number of methoxy groups -OCH3 is 1. The zero-order valence-corrected chi connectivity index (χ0v) is 21.2. The molecule has 4 fully saturated rings. The van der Waals surface area contributed by atoms with Gasteiger partial charge in [0, 0.05) is 7.11 Å². The average molecular weight is 575 g/mol. The van der Waals surface area contributed by atoms with Crippen molar-refractivity contribution in [1.29, 1.82) is 0 Å². The van der Waals surface area contributed by atoms with E-state index in [1.165, 1.54) is 14.0 Å². The molecule has 4 aliphatic rings. The fourth-order valence-electron chi connectivity index (χ4n) is 4.84. The van der Waals surface area contributed by atoms with Gasteiger partial charge in [-0.25, -0.2) is 0 Å². The average Bonchev–Trinajstić information content (AvgIpc) is 2.91. The quantitative estimate of drug-likeness (QED) is 0.137. The van der Waals surface area contributed by atoms with E-state index in [4.69, 9.17) is 37.9 Å². The molecule has 0 spiro atoms. The van der Waals surface area contributed by atoms with Gasteiger partial charge in [-0.2, -0.15) is 0 Å². The summed E-state index contributed by atoms with van der Waals surface area (Å²) in [6.45, 7) is 0.507. The lowest BCUT2D eigenvalue weighted by Gasteiger charge is -2.47. The molecule has 0 bridgehead atoms. The molecule has 4 rings (SSSR count). The van der Waals surface area contributed by atoms with Crippen LogP contribution in [0.5, 0.6) is 0 Å². The van der Waals surface area contributed by atoms with Gasteiger partial charge in [0.25, 0.3) is 0 Å². The molecule has 4 heterocycles. The molecule has 0 radical (unpaired) electrons. The highest BCUT2D eigenvalue weighted by Crippen LogP contribution is 2.31. The van der Waals surface area contributed by atoms with Crippen molar-refractivity contribution in [2.75, 3.05) is 26.9 Å². The van der Waals surface area contributed by atoms with Gasteiger partial charge in [0.05, 0.1) is 25.9 Å². The van der Waals surface area contributed by atoms with Crippen LogP contribution in [0.15, 0.2) is 0 Å². The predicted molar refractivity (Wildman–Crippen MR) is 119 cm³/mol. The highest BCUT2D eigenvalue weighted by Gasteiger charge is 2.52. The molecule has 0 aromatic rings. The van der Waals surface area contributed by atoms with Gasteiger partial charge in [-0.1, -0.05) is 0 Å². The van der Waals surface area contributed by atoms with Gasteiger partial charge < -0.3 is 83.9 Å². The molecular weight excluding hydrogens is 536 g/mol. The van der Waals surface area contributed by atoms with Crippen molar-refractivity contribution in [2.24, 2.45) is 0 Å². The van der Waals surface area contributed by atoms with Gasteiger partial charge in [-0.3, -0.25) is 0 Å². The monoisotopic (exact) mass is 574 g/mol. The first-order chi connectivity index (χ1) is 18.4. The Hall–Kier alpha value is -0.680. The molecule has 228 valence electrons. The first-order valence-electron chi connectivity index (χ1n) is 12.6. The van der Waals surface area contributed by atoms with Crippen LogP contribution in [0.25, 0.3) is 0 Å². The zero-order valence-electron chi connectivity index (χ0n) is 21.2. The van der Waals surface area contributed by atoms with E-state index in [-0.39, 0.29) is 13.2 Å². The molecule has 17 nitrogen and oxygen atoms in total. The van der Waals surface area contributed by atoms with Gasteiger partial charge in [-0.15, -0.1) is 0 Å². The summed E-state index contributed by atoms with van der Waals surface area (Å²) < 4.78 is 43.4. The standard InChI is InChI=1S/C22H38O17/c1-6-16(12(28)14(30)21(36-6)39-18-11(27)8(24)4-35-22(18)32-2)37-20-15(31)17(9(25)5-34-20)38-19-13(29)10(26)7(23)3-33-19/h6-31H,3-5H2,1-2H3/t6-,7+,8+,9-,10-,11-,12-,13+,14+,15+,16-,17-,18+,19-,20-,21-,22-/m0/s1. The minimum Gasteiger partial charge on any atom is -0.388 e. The largest absolute Gasteiger partial charge is 0.388 e. The number of rotatable bonds is 7. The summed E-state index contributed by atoms with van der Waals surface area (Å²) in [4.78, 5) is 0. The molecule has 4 aliphatic heterocycles. The number of aliphatic hydroxyl groups is 9. The van der Waals surface area contributed by atoms with Crippen LogP contribution >= 0.6 is 0 Å². The van der Waals surface area contributed by atoms with Gasteiger partial charge in [0.2, 0.25) is 0 Å². The summed E-state index contributed by atoms with van der Waals surface area (Å²) in [5.41, 5.74) is 0. The Bertz CT molecular complexity index is 775. The molecule has 4 saturated heterocycles. The third-order valence-corrected chi connectivity index (χ3v) is 7.19. The smallest absolute Gasteiger partial charge is 0.187 e. The Morgan fingerprint density at radius 3 is 1.62 bits per heavy atom. The van der Waals surface area contributed by atoms with E-state index in [0.29, 0.717) is 0 Å². The first-order valence-corrected chi connectivity index (χ1v) is 12.6. The molecule has 0 aromatic heterocycles. The third kappa shape index (κ3) is 6.55. The molecule has 0 amide bonds. The third-order valence-electron chi connectivity index (χ3n) is 7.19. The maximum absolute atomic E-state index is 10.8. The van der Waals surface area contributed by atoms with Crippen LogP contribution in [0, 0.1) is 0 Å². The topological polar surface area (TPSA) is 256 Å². The molecule has 0 saturated carbocycles. The van der Waals surface area contributed by atoms with Gasteiger partial charge in [-0.05, 0) is 6.92 Å². The van der Waals surface area contributed by atoms with E-state index in [2.05, 4.69) is 0 Å². The minimum absolute atomic E-state index is 0.208. The number of hydrogen-bond donors (Lipinski definition) is 9. The van der Waals surface area contributed by atoms with Crippen molar-refractivity contribution in [1.82, 2.24) is 0 Å². The summed E-state index contributed by atoms with van der Waals surface area (Å²) in [6, 6.07) is 0. The maximum atomic E-state index is 10.8. The Labute approximate surface area is 222 Å². The van der Waals surface area contributed by atoms with Crippen LogP contribution in [0.2, 0.25) is 0 Å². The SMILES string of the molecule is CO[C@H]1OC[C@@H](O)[C@H](O)[C@H]1O[C@@H]1O[C@@H](C)[C@H](O[C@@H]2OC[C@H](O)[C@H](O[C@@H]3OC[C@@H](O)[C@H](O)[C@H]3O)[C@H]2O)[C@@H](O)[C@H]1O. The van der Waals surface area contributed by atoms with Crippen LogP contribution in [-0.2, 0) is 37.9 Å². The second-order valence-corrected chi connectivity index (χ2v) is 10.00. The van der Waals surface area contributed by atoms with E-state index in [0.717, 1.165) is 0 Å². The second kappa shape index (κ2) is 13.1. The zero-order chi connectivity index (χ0) is 28.6. The normalized spacial score (nSPS) is 53.5. The van der Waals surface area contributed by atoms with Crippen molar-refractivity contribution >= 4 is 0 Å². The minimum atomic E-state index is -1.73. The van der Waals surface area contributed by atoms with Crippen LogP contribution in [0.3, 0.4) is 0 Å². The molecule has 0 aliphatic carbocycles. The highest BCUT2D eigenvalue weighted by molar-refractivity contribution is 4.94. The first kappa shape index (κ1) is 31.3. The lowest BCUT2D eigenvalue weighted by Crippen LogP contribution is -2.64. The fourth-order valence-corrected chi connectivity index (χ4v) is 4.84. The highest BCUT2D eigenvalue weighted by atomic mass is 16.8. The van der Waals surface area contributed by atoms with Crippen LogP contribution in [0.4, 0.5) is 0 Å². The molecule has 17 atom stereocenters. The Morgan fingerprint density at radius 1 is 0.487 bits per heavy atom. The number of ether oxygens (including phenoxy) is 8. The van der Waals surface area contributed by atoms with Crippen LogP contribution < -0.4 is 0 Å². The molecule has 0 aromatic carbocycles. The molecule has 39 heavy (non-hydrogen) atoms. The summed E-state index contributed by atoms with van der Waals surface area (Å²) in [5.74, 6) is 0. The number of aliphatic hydroxyl groups excluding tert-OH is 9. The summed E-state index contributed by atoms with van der Waals surface area (Å²) >= 11 is 0. The summed E-state index contributed by atoms with van der Waals surface area (Å²) in [7, 11) is 1.29. The Balaban J connectivity index is 1.38. The molecular formula is C22H38O17. The van der Waals surface area contributed by atoms with Crippen molar-refractivity contribution in [3.8, 4) is 0 Å². The van der Waals surface area contributed by atoms with E-state index >= 15 is 0 Å². The second-order valence-electron chi connectivity index (χ2n) is 10.00. The van der Waals surface area contributed by atoms with Crippen molar-refractivity contribution in [3.63, 3.8) is 0 Å². The fraction of sp³-hybridized carbons (Fsp3) is 1.00. The van der Waals surface area contributed by atoms with E-state index in [1.54, 1.807) is 0 Å².